The quantitative estimate of drug-likeness (QED) is 0.919. The van der Waals surface area contributed by atoms with Crippen molar-refractivity contribution in [2.75, 3.05) is 5.73 Å². The Balaban J connectivity index is 1.79. The standard InChI is InChI=1S/C14H11ClN4O/c15-10-3-1-8(2-4-10)11-5-12(11)14(20)19-13(17)9(6-16)7-18-19/h1-4,7,11-12H,5,17H2. The summed E-state index contributed by atoms with van der Waals surface area (Å²) in [6, 6.07) is 9.38. The second kappa shape index (κ2) is 4.66. The summed E-state index contributed by atoms with van der Waals surface area (Å²) in [5.41, 5.74) is 7.03. The van der Waals surface area contributed by atoms with Crippen molar-refractivity contribution < 1.29 is 4.79 Å². The van der Waals surface area contributed by atoms with Crippen LogP contribution in [0.15, 0.2) is 30.5 Å². The molecule has 100 valence electrons. The molecule has 2 N–H and O–H groups in total. The molecule has 0 bridgehead atoms. The maximum Gasteiger partial charge on any atom is 0.252 e. The number of carbonyl (C=O) groups excluding carboxylic acids is 1. The van der Waals surface area contributed by atoms with Crippen LogP contribution >= 0.6 is 11.6 Å². The molecule has 0 spiro atoms. The topological polar surface area (TPSA) is 84.7 Å². The number of nitrogens with zero attached hydrogens (tertiary/aromatic N) is 3. The Labute approximate surface area is 120 Å². The number of rotatable bonds is 2. The molecule has 3 rings (SSSR count). The number of hydrogen-bond acceptors (Lipinski definition) is 4. The number of hydrogen-bond donors (Lipinski definition) is 1. The predicted molar refractivity (Wildman–Crippen MR) is 74.3 cm³/mol. The summed E-state index contributed by atoms with van der Waals surface area (Å²) in [5.74, 6) is -0.0120. The molecule has 1 heterocycles. The van der Waals surface area contributed by atoms with Crippen molar-refractivity contribution in [2.24, 2.45) is 5.92 Å². The van der Waals surface area contributed by atoms with Crippen LogP contribution in [-0.2, 0) is 0 Å². The smallest absolute Gasteiger partial charge is 0.252 e. The van der Waals surface area contributed by atoms with Crippen LogP contribution in [0.5, 0.6) is 0 Å². The van der Waals surface area contributed by atoms with E-state index in [1.807, 2.05) is 30.3 Å². The van der Waals surface area contributed by atoms with Crippen LogP contribution in [-0.4, -0.2) is 15.7 Å². The molecule has 6 heteroatoms. The summed E-state index contributed by atoms with van der Waals surface area (Å²) in [6.07, 6.45) is 2.08. The average Bonchev–Trinajstić information content (AvgIpc) is 3.16. The number of benzene rings is 1. The first kappa shape index (κ1) is 12.7. The minimum atomic E-state index is -0.163. The van der Waals surface area contributed by atoms with Crippen LogP contribution in [0, 0.1) is 17.2 Å². The van der Waals surface area contributed by atoms with E-state index in [2.05, 4.69) is 5.10 Å². The van der Waals surface area contributed by atoms with Crippen molar-refractivity contribution in [3.05, 3.63) is 46.6 Å². The lowest BCUT2D eigenvalue weighted by molar-refractivity contribution is 0.0870. The molecule has 1 aromatic carbocycles. The molecule has 5 nitrogen and oxygen atoms in total. The van der Waals surface area contributed by atoms with Crippen LogP contribution in [0.4, 0.5) is 5.82 Å². The van der Waals surface area contributed by atoms with Gasteiger partial charge < -0.3 is 5.73 Å². The fourth-order valence-electron chi connectivity index (χ4n) is 2.32. The maximum atomic E-state index is 12.3. The van der Waals surface area contributed by atoms with Crippen LogP contribution in [0.25, 0.3) is 0 Å². The number of aromatic nitrogens is 2. The Morgan fingerprint density at radius 2 is 2.15 bits per heavy atom. The lowest BCUT2D eigenvalue weighted by atomic mass is 10.1. The molecule has 1 saturated carbocycles. The Morgan fingerprint density at radius 1 is 1.45 bits per heavy atom. The third-order valence-electron chi connectivity index (χ3n) is 3.54. The second-order valence-corrected chi connectivity index (χ2v) is 5.24. The molecule has 1 aromatic heterocycles. The lowest BCUT2D eigenvalue weighted by Gasteiger charge is -2.03. The summed E-state index contributed by atoms with van der Waals surface area (Å²) in [6.45, 7) is 0. The largest absolute Gasteiger partial charge is 0.382 e. The van der Waals surface area contributed by atoms with Gasteiger partial charge in [0.1, 0.15) is 17.5 Å². The van der Waals surface area contributed by atoms with Crippen molar-refractivity contribution in [3.63, 3.8) is 0 Å². The van der Waals surface area contributed by atoms with E-state index in [0.717, 1.165) is 16.7 Å². The molecule has 0 amide bonds. The van der Waals surface area contributed by atoms with Gasteiger partial charge in [-0.25, -0.2) is 0 Å². The molecule has 1 aliphatic rings. The molecular weight excluding hydrogens is 276 g/mol. The highest BCUT2D eigenvalue weighted by molar-refractivity contribution is 6.30. The second-order valence-electron chi connectivity index (χ2n) is 4.81. The molecule has 2 unspecified atom stereocenters. The minimum absolute atomic E-state index is 0.110. The van der Waals surface area contributed by atoms with E-state index < -0.39 is 0 Å². The van der Waals surface area contributed by atoms with Gasteiger partial charge in [0.15, 0.2) is 0 Å². The molecular formula is C14H11ClN4O. The molecule has 1 fully saturated rings. The zero-order valence-electron chi connectivity index (χ0n) is 10.5. The van der Waals surface area contributed by atoms with Crippen molar-refractivity contribution >= 4 is 23.3 Å². The third-order valence-corrected chi connectivity index (χ3v) is 3.79. The Bertz CT molecular complexity index is 714. The fourth-order valence-corrected chi connectivity index (χ4v) is 2.45. The maximum absolute atomic E-state index is 12.3. The van der Waals surface area contributed by atoms with Crippen LogP contribution in [0.2, 0.25) is 5.02 Å². The highest BCUT2D eigenvalue weighted by atomic mass is 35.5. The van der Waals surface area contributed by atoms with E-state index in [1.54, 1.807) is 0 Å². The minimum Gasteiger partial charge on any atom is -0.382 e. The molecule has 0 radical (unpaired) electrons. The van der Waals surface area contributed by atoms with Crippen molar-refractivity contribution in [2.45, 2.75) is 12.3 Å². The van der Waals surface area contributed by atoms with Gasteiger partial charge in [0.25, 0.3) is 5.91 Å². The Kier molecular flexibility index (Phi) is 2.96. The van der Waals surface area contributed by atoms with Crippen molar-refractivity contribution in [1.29, 1.82) is 5.26 Å². The van der Waals surface area contributed by atoms with E-state index in [-0.39, 0.29) is 29.1 Å². The van der Waals surface area contributed by atoms with Gasteiger partial charge in [-0.2, -0.15) is 15.0 Å². The first-order chi connectivity index (χ1) is 9.61. The Morgan fingerprint density at radius 3 is 2.75 bits per heavy atom. The predicted octanol–water partition coefficient (Wildman–Crippen LogP) is 2.43. The van der Waals surface area contributed by atoms with Crippen LogP contribution in [0.1, 0.15) is 28.3 Å². The van der Waals surface area contributed by atoms with Crippen molar-refractivity contribution in [3.8, 4) is 6.07 Å². The van der Waals surface area contributed by atoms with E-state index in [0.29, 0.717) is 5.02 Å². The normalized spacial score (nSPS) is 20.4. The third kappa shape index (κ3) is 2.04. The molecule has 20 heavy (non-hydrogen) atoms. The van der Waals surface area contributed by atoms with Crippen LogP contribution < -0.4 is 5.73 Å². The summed E-state index contributed by atoms with van der Waals surface area (Å²) in [5, 5.41) is 13.4. The molecule has 1 aliphatic carbocycles. The van der Waals surface area contributed by atoms with Gasteiger partial charge in [-0.15, -0.1) is 0 Å². The highest BCUT2D eigenvalue weighted by Crippen LogP contribution is 2.48. The number of nitrogen functional groups attached to an aromatic ring is 1. The fraction of sp³-hybridized carbons (Fsp3) is 0.214. The van der Waals surface area contributed by atoms with E-state index in [9.17, 15) is 4.79 Å². The monoisotopic (exact) mass is 286 g/mol. The Hall–Kier alpha value is -2.32. The van der Waals surface area contributed by atoms with Gasteiger partial charge in [0.05, 0.1) is 6.20 Å². The number of anilines is 1. The summed E-state index contributed by atoms with van der Waals surface area (Å²) < 4.78 is 1.12. The lowest BCUT2D eigenvalue weighted by Crippen LogP contribution is -2.17. The summed E-state index contributed by atoms with van der Waals surface area (Å²) in [7, 11) is 0. The zero-order valence-corrected chi connectivity index (χ0v) is 11.2. The first-order valence-electron chi connectivity index (χ1n) is 6.15. The summed E-state index contributed by atoms with van der Waals surface area (Å²) >= 11 is 5.84. The molecule has 0 aliphatic heterocycles. The van der Waals surface area contributed by atoms with Gasteiger partial charge in [0.2, 0.25) is 0 Å². The highest BCUT2D eigenvalue weighted by Gasteiger charge is 2.45. The van der Waals surface area contributed by atoms with Crippen LogP contribution in [0.3, 0.4) is 0 Å². The van der Waals surface area contributed by atoms with E-state index >= 15 is 0 Å². The number of halogens is 1. The number of nitrogens with two attached hydrogens (primary N) is 1. The van der Waals surface area contributed by atoms with E-state index in [1.165, 1.54) is 6.20 Å². The van der Waals surface area contributed by atoms with Gasteiger partial charge in [-0.05, 0) is 30.0 Å². The zero-order chi connectivity index (χ0) is 14.3. The SMILES string of the molecule is N#Cc1cnn(C(=O)C2CC2c2ccc(Cl)cc2)c1N. The average molecular weight is 287 g/mol. The van der Waals surface area contributed by atoms with Crippen molar-refractivity contribution in [1.82, 2.24) is 9.78 Å². The number of carbonyl (C=O) groups is 1. The first-order valence-corrected chi connectivity index (χ1v) is 6.53. The van der Waals surface area contributed by atoms with Gasteiger partial charge in [0, 0.05) is 10.9 Å². The molecule has 0 saturated heterocycles. The summed E-state index contributed by atoms with van der Waals surface area (Å²) in [4.78, 5) is 12.3. The van der Waals surface area contributed by atoms with Gasteiger partial charge in [-0.3, -0.25) is 4.79 Å². The number of nitriles is 1. The van der Waals surface area contributed by atoms with Gasteiger partial charge in [-0.1, -0.05) is 23.7 Å². The van der Waals surface area contributed by atoms with Gasteiger partial charge >= 0.3 is 0 Å². The molecule has 2 atom stereocenters. The van der Waals surface area contributed by atoms with E-state index in [4.69, 9.17) is 22.6 Å². The molecule has 2 aromatic rings.